The molecule has 1 fully saturated rings. The molecule has 1 N–H and O–H groups in total. The van der Waals surface area contributed by atoms with Gasteiger partial charge in [-0.2, -0.15) is 0 Å². The molecule has 1 aliphatic rings. The van der Waals surface area contributed by atoms with E-state index in [1.165, 1.54) is 6.08 Å². The molecular formula is C18H13N2O5-. The molecule has 1 heterocycles. The molecule has 0 unspecified atom stereocenters. The van der Waals surface area contributed by atoms with Crippen LogP contribution in [0.25, 0.3) is 6.08 Å². The fourth-order valence-corrected chi connectivity index (χ4v) is 2.32. The van der Waals surface area contributed by atoms with E-state index in [-0.39, 0.29) is 5.70 Å². The Bertz CT molecular complexity index is 844. The topological polar surface area (TPSA) is 98.8 Å². The first kappa shape index (κ1) is 16.3. The van der Waals surface area contributed by atoms with Gasteiger partial charge < -0.3 is 20.0 Å². The number of carbonyl (C=O) groups excluding carboxylic acids is 3. The fourth-order valence-electron chi connectivity index (χ4n) is 2.32. The van der Waals surface area contributed by atoms with Gasteiger partial charge in [-0.25, -0.2) is 9.69 Å². The maximum absolute atomic E-state index is 12.4. The molecule has 0 spiro atoms. The maximum Gasteiger partial charge on any atom is 0.333 e. The number of benzene rings is 2. The quantitative estimate of drug-likeness (QED) is 0.646. The van der Waals surface area contributed by atoms with Crippen molar-refractivity contribution in [2.24, 2.45) is 0 Å². The number of amides is 3. The standard InChI is InChI=1S/C18H14N2O5/c21-16(22)11-25-14-8-6-12(7-9-14)10-15-17(23)20(18(24)19-15)13-4-2-1-3-5-13/h1-10H,11H2,(H,19,24)(H,21,22)/p-1. The molecule has 2 aromatic carbocycles. The number of carbonyl (C=O) groups is 3. The van der Waals surface area contributed by atoms with Gasteiger partial charge in [-0.05, 0) is 35.9 Å². The molecule has 7 heteroatoms. The number of anilines is 1. The largest absolute Gasteiger partial charge is 0.546 e. The Hall–Kier alpha value is -3.61. The average molecular weight is 337 g/mol. The molecule has 7 nitrogen and oxygen atoms in total. The summed E-state index contributed by atoms with van der Waals surface area (Å²) in [6.07, 6.45) is 1.53. The monoisotopic (exact) mass is 337 g/mol. The first-order chi connectivity index (χ1) is 12.0. The van der Waals surface area contributed by atoms with Crippen molar-refractivity contribution in [3.05, 3.63) is 65.9 Å². The Morgan fingerprint density at radius 1 is 1.08 bits per heavy atom. The molecule has 2 aromatic rings. The predicted octanol–water partition coefficient (Wildman–Crippen LogP) is 0.913. The van der Waals surface area contributed by atoms with Gasteiger partial charge in [-0.3, -0.25) is 4.79 Å². The minimum atomic E-state index is -1.31. The summed E-state index contributed by atoms with van der Waals surface area (Å²) in [6.45, 7) is -0.541. The number of nitrogens with one attached hydrogen (secondary N) is 1. The third-order valence-electron chi connectivity index (χ3n) is 3.44. The smallest absolute Gasteiger partial charge is 0.333 e. The highest BCUT2D eigenvalue weighted by Crippen LogP contribution is 2.22. The summed E-state index contributed by atoms with van der Waals surface area (Å²) in [5.74, 6) is -1.40. The fraction of sp³-hybridized carbons (Fsp3) is 0.0556. The lowest BCUT2D eigenvalue weighted by Gasteiger charge is -2.10. The van der Waals surface area contributed by atoms with Crippen LogP contribution in [0.4, 0.5) is 10.5 Å². The number of hydrogen-bond acceptors (Lipinski definition) is 5. The van der Waals surface area contributed by atoms with Gasteiger partial charge in [0.25, 0.3) is 5.91 Å². The average Bonchev–Trinajstić information content (AvgIpc) is 2.88. The van der Waals surface area contributed by atoms with E-state index in [4.69, 9.17) is 4.74 Å². The van der Waals surface area contributed by atoms with Crippen molar-refractivity contribution in [3.8, 4) is 5.75 Å². The van der Waals surface area contributed by atoms with Crippen LogP contribution in [-0.4, -0.2) is 24.5 Å². The number of rotatable bonds is 5. The zero-order valence-corrected chi connectivity index (χ0v) is 13.0. The normalized spacial score (nSPS) is 15.4. The van der Waals surface area contributed by atoms with E-state index in [1.54, 1.807) is 54.6 Å². The SMILES string of the molecule is O=C([O-])COc1ccc(C=C2NC(=O)N(c3ccccc3)C2=O)cc1. The van der Waals surface area contributed by atoms with Gasteiger partial charge >= 0.3 is 6.03 Å². The molecule has 126 valence electrons. The zero-order chi connectivity index (χ0) is 17.8. The lowest BCUT2D eigenvalue weighted by atomic mass is 10.2. The number of ether oxygens (including phenoxy) is 1. The Labute approximate surface area is 143 Å². The first-order valence-corrected chi connectivity index (χ1v) is 7.39. The van der Waals surface area contributed by atoms with Crippen molar-refractivity contribution < 1.29 is 24.2 Å². The van der Waals surface area contributed by atoms with Gasteiger partial charge in [0.2, 0.25) is 0 Å². The third-order valence-corrected chi connectivity index (χ3v) is 3.44. The molecular weight excluding hydrogens is 324 g/mol. The number of carboxylic acid groups (broad SMARTS) is 1. The second-order valence-corrected chi connectivity index (χ2v) is 5.19. The summed E-state index contributed by atoms with van der Waals surface area (Å²) < 4.78 is 4.98. The predicted molar refractivity (Wildman–Crippen MR) is 87.4 cm³/mol. The minimum absolute atomic E-state index is 0.150. The Balaban J connectivity index is 1.77. The van der Waals surface area contributed by atoms with Gasteiger partial charge in [0, 0.05) is 0 Å². The first-order valence-electron chi connectivity index (χ1n) is 7.39. The number of nitrogens with zero attached hydrogens (tertiary/aromatic N) is 1. The maximum atomic E-state index is 12.4. The van der Waals surface area contributed by atoms with Crippen LogP contribution in [0.3, 0.4) is 0 Å². The summed E-state index contributed by atoms with van der Waals surface area (Å²) in [5, 5.41) is 12.9. The van der Waals surface area contributed by atoms with Crippen LogP contribution < -0.4 is 20.1 Å². The highest BCUT2D eigenvalue weighted by Gasteiger charge is 2.34. The molecule has 0 aromatic heterocycles. The Morgan fingerprint density at radius 3 is 2.40 bits per heavy atom. The van der Waals surface area contributed by atoms with Crippen molar-refractivity contribution in [2.75, 3.05) is 11.5 Å². The lowest BCUT2D eigenvalue weighted by molar-refractivity contribution is -0.307. The van der Waals surface area contributed by atoms with Crippen LogP contribution in [-0.2, 0) is 9.59 Å². The van der Waals surface area contributed by atoms with Gasteiger partial charge in [0.1, 0.15) is 18.1 Å². The summed E-state index contributed by atoms with van der Waals surface area (Å²) in [5.41, 5.74) is 1.29. The second-order valence-electron chi connectivity index (χ2n) is 5.19. The molecule has 0 radical (unpaired) electrons. The molecule has 3 amide bonds. The number of para-hydroxylation sites is 1. The number of aliphatic carboxylic acids is 1. The van der Waals surface area contributed by atoms with Gasteiger partial charge in [-0.15, -0.1) is 0 Å². The molecule has 0 atom stereocenters. The van der Waals surface area contributed by atoms with E-state index in [1.807, 2.05) is 0 Å². The molecule has 0 aliphatic carbocycles. The van der Waals surface area contributed by atoms with E-state index in [0.717, 1.165) is 4.90 Å². The number of imide groups is 1. The zero-order valence-electron chi connectivity index (χ0n) is 13.0. The van der Waals surface area contributed by atoms with Crippen LogP contribution >= 0.6 is 0 Å². The Morgan fingerprint density at radius 2 is 1.76 bits per heavy atom. The summed E-state index contributed by atoms with van der Waals surface area (Å²) in [4.78, 5) is 35.9. The molecule has 1 aliphatic heterocycles. The van der Waals surface area contributed by atoms with Crippen LogP contribution in [0.5, 0.6) is 5.75 Å². The van der Waals surface area contributed by atoms with Crippen molar-refractivity contribution in [2.45, 2.75) is 0 Å². The summed E-state index contributed by atoms with van der Waals surface area (Å²) >= 11 is 0. The van der Waals surface area contributed by atoms with E-state index in [9.17, 15) is 19.5 Å². The minimum Gasteiger partial charge on any atom is -0.546 e. The third kappa shape index (κ3) is 3.66. The highest BCUT2D eigenvalue weighted by atomic mass is 16.5. The van der Waals surface area contributed by atoms with Gasteiger partial charge in [0.15, 0.2) is 0 Å². The van der Waals surface area contributed by atoms with Crippen LogP contribution in [0.1, 0.15) is 5.56 Å². The second kappa shape index (κ2) is 6.88. The molecule has 1 saturated heterocycles. The number of hydrogen-bond donors (Lipinski definition) is 1. The molecule has 0 saturated carbocycles. The van der Waals surface area contributed by atoms with Crippen molar-refractivity contribution in [1.82, 2.24) is 5.32 Å². The molecule has 3 rings (SSSR count). The lowest BCUT2D eigenvalue weighted by Crippen LogP contribution is -2.30. The van der Waals surface area contributed by atoms with Crippen LogP contribution in [0.2, 0.25) is 0 Å². The van der Waals surface area contributed by atoms with E-state index in [0.29, 0.717) is 17.0 Å². The van der Waals surface area contributed by atoms with E-state index in [2.05, 4.69) is 5.32 Å². The van der Waals surface area contributed by atoms with Gasteiger partial charge in [0.05, 0.1) is 11.7 Å². The molecule has 25 heavy (non-hydrogen) atoms. The Kier molecular flexibility index (Phi) is 4.47. The number of urea groups is 1. The summed E-state index contributed by atoms with van der Waals surface area (Å²) in [6, 6.07) is 14.5. The number of carboxylic acids is 1. The molecule has 0 bridgehead atoms. The van der Waals surface area contributed by atoms with Crippen molar-refractivity contribution >= 4 is 29.7 Å². The van der Waals surface area contributed by atoms with Crippen molar-refractivity contribution in [3.63, 3.8) is 0 Å². The highest BCUT2D eigenvalue weighted by molar-refractivity contribution is 6.28. The summed E-state index contributed by atoms with van der Waals surface area (Å²) in [7, 11) is 0. The van der Waals surface area contributed by atoms with E-state index >= 15 is 0 Å². The van der Waals surface area contributed by atoms with Gasteiger partial charge in [-0.1, -0.05) is 30.3 Å². The van der Waals surface area contributed by atoms with Crippen molar-refractivity contribution in [1.29, 1.82) is 0 Å². The van der Waals surface area contributed by atoms with Crippen LogP contribution in [0, 0.1) is 0 Å². The van der Waals surface area contributed by atoms with E-state index < -0.39 is 24.5 Å². The van der Waals surface area contributed by atoms with Crippen LogP contribution in [0.15, 0.2) is 60.3 Å².